The van der Waals surface area contributed by atoms with Crippen molar-refractivity contribution in [3.05, 3.63) is 63.9 Å². The minimum absolute atomic E-state index is 0.137. The van der Waals surface area contributed by atoms with E-state index in [0.717, 1.165) is 15.8 Å². The highest BCUT2D eigenvalue weighted by Gasteiger charge is 2.30. The molecule has 1 aliphatic heterocycles. The summed E-state index contributed by atoms with van der Waals surface area (Å²) in [6, 6.07) is 11.2. The third kappa shape index (κ3) is 4.42. The standard InChI is InChI=1S/C21H20N6O4/c1-12-3-2-4-14(9-12)23-21(31)22-11-13-5-6-15-16(10-13)25-26-27(20(15)30)17-7-8-18(28)24-19(17)29/h2-6,9-10,17H,7-8,11H2,1H3,(H2,22,23,31)(H,24,28,29). The van der Waals surface area contributed by atoms with Crippen molar-refractivity contribution < 1.29 is 14.4 Å². The Morgan fingerprint density at radius 3 is 2.81 bits per heavy atom. The van der Waals surface area contributed by atoms with Gasteiger partial charge < -0.3 is 10.6 Å². The number of benzene rings is 2. The fourth-order valence-corrected chi connectivity index (χ4v) is 3.41. The molecule has 1 fully saturated rings. The number of aryl methyl sites for hydroxylation is 1. The Kier molecular flexibility index (Phi) is 5.44. The molecule has 4 rings (SSSR count). The zero-order chi connectivity index (χ0) is 22.0. The second-order valence-electron chi connectivity index (χ2n) is 7.33. The number of aromatic nitrogens is 3. The predicted octanol–water partition coefficient (Wildman–Crippen LogP) is 1.40. The van der Waals surface area contributed by atoms with Crippen LogP contribution in [0.15, 0.2) is 47.3 Å². The number of rotatable bonds is 4. The number of nitrogens with one attached hydrogen (secondary N) is 3. The maximum Gasteiger partial charge on any atom is 0.319 e. The van der Waals surface area contributed by atoms with Gasteiger partial charge in [-0.05, 0) is 48.7 Å². The summed E-state index contributed by atoms with van der Waals surface area (Å²) in [7, 11) is 0. The molecule has 31 heavy (non-hydrogen) atoms. The largest absolute Gasteiger partial charge is 0.334 e. The van der Waals surface area contributed by atoms with E-state index in [2.05, 4.69) is 26.3 Å². The Hall–Kier alpha value is -4.08. The van der Waals surface area contributed by atoms with Crippen LogP contribution in [0, 0.1) is 6.92 Å². The van der Waals surface area contributed by atoms with Crippen LogP contribution in [0.25, 0.3) is 10.9 Å². The Balaban J connectivity index is 1.47. The van der Waals surface area contributed by atoms with Gasteiger partial charge in [-0.15, -0.1) is 5.10 Å². The number of amides is 4. The second kappa shape index (κ2) is 8.34. The highest BCUT2D eigenvalue weighted by molar-refractivity contribution is 5.99. The monoisotopic (exact) mass is 420 g/mol. The molecular formula is C21H20N6O4. The number of hydrogen-bond donors (Lipinski definition) is 3. The summed E-state index contributed by atoms with van der Waals surface area (Å²) >= 11 is 0. The van der Waals surface area contributed by atoms with Crippen molar-refractivity contribution in [2.75, 3.05) is 5.32 Å². The van der Waals surface area contributed by atoms with E-state index in [1.165, 1.54) is 0 Å². The van der Waals surface area contributed by atoms with Gasteiger partial charge in [-0.1, -0.05) is 23.4 Å². The number of imide groups is 1. The van der Waals surface area contributed by atoms with Gasteiger partial charge in [0, 0.05) is 18.7 Å². The summed E-state index contributed by atoms with van der Waals surface area (Å²) in [5.41, 5.74) is 2.35. The molecule has 3 N–H and O–H groups in total. The SMILES string of the molecule is Cc1cccc(NC(=O)NCc2ccc3c(=O)n(C4CCC(=O)NC4=O)nnc3c2)c1. The maximum atomic E-state index is 12.8. The number of urea groups is 1. The van der Waals surface area contributed by atoms with Crippen LogP contribution in [0.3, 0.4) is 0 Å². The molecular weight excluding hydrogens is 400 g/mol. The lowest BCUT2D eigenvalue weighted by atomic mass is 10.1. The van der Waals surface area contributed by atoms with Crippen molar-refractivity contribution in [1.29, 1.82) is 0 Å². The van der Waals surface area contributed by atoms with Crippen LogP contribution in [-0.2, 0) is 16.1 Å². The summed E-state index contributed by atoms with van der Waals surface area (Å²) in [6.07, 6.45) is 0.334. The van der Waals surface area contributed by atoms with Crippen molar-refractivity contribution in [3.8, 4) is 0 Å². The van der Waals surface area contributed by atoms with E-state index in [9.17, 15) is 19.2 Å². The zero-order valence-corrected chi connectivity index (χ0v) is 16.7. The summed E-state index contributed by atoms with van der Waals surface area (Å²) in [5.74, 6) is -0.931. The smallest absolute Gasteiger partial charge is 0.319 e. The van der Waals surface area contributed by atoms with Gasteiger partial charge in [-0.3, -0.25) is 19.7 Å². The number of carbonyl (C=O) groups excluding carboxylic acids is 3. The number of piperidine rings is 1. The van der Waals surface area contributed by atoms with Crippen LogP contribution in [0.2, 0.25) is 0 Å². The highest BCUT2D eigenvalue weighted by Crippen LogP contribution is 2.17. The first kappa shape index (κ1) is 20.2. The van der Waals surface area contributed by atoms with Crippen LogP contribution in [0.1, 0.15) is 30.0 Å². The number of nitrogens with zero attached hydrogens (tertiary/aromatic N) is 3. The molecule has 4 amide bonds. The van der Waals surface area contributed by atoms with E-state index in [-0.39, 0.29) is 31.3 Å². The summed E-state index contributed by atoms with van der Waals surface area (Å²) in [5, 5.41) is 16.0. The second-order valence-corrected chi connectivity index (χ2v) is 7.33. The van der Waals surface area contributed by atoms with Crippen LogP contribution >= 0.6 is 0 Å². The molecule has 0 spiro atoms. The average molecular weight is 420 g/mol. The number of carbonyl (C=O) groups is 3. The minimum atomic E-state index is -0.867. The Labute approximate surface area is 176 Å². The van der Waals surface area contributed by atoms with Crippen LogP contribution in [0.5, 0.6) is 0 Å². The predicted molar refractivity (Wildman–Crippen MR) is 112 cm³/mol. The van der Waals surface area contributed by atoms with Crippen molar-refractivity contribution >= 4 is 34.4 Å². The molecule has 2 heterocycles. The first-order chi connectivity index (χ1) is 14.9. The Morgan fingerprint density at radius 2 is 2.03 bits per heavy atom. The lowest BCUT2D eigenvalue weighted by Crippen LogP contribution is -2.45. The van der Waals surface area contributed by atoms with Gasteiger partial charge in [-0.25, -0.2) is 4.79 Å². The van der Waals surface area contributed by atoms with Crippen molar-refractivity contribution in [3.63, 3.8) is 0 Å². The zero-order valence-electron chi connectivity index (χ0n) is 16.7. The van der Waals surface area contributed by atoms with Gasteiger partial charge in [0.25, 0.3) is 11.5 Å². The lowest BCUT2D eigenvalue weighted by Gasteiger charge is -2.21. The highest BCUT2D eigenvalue weighted by atomic mass is 16.2. The van der Waals surface area contributed by atoms with Crippen molar-refractivity contribution in [2.24, 2.45) is 0 Å². The molecule has 1 unspecified atom stereocenters. The molecule has 1 atom stereocenters. The van der Waals surface area contributed by atoms with E-state index < -0.39 is 17.5 Å². The van der Waals surface area contributed by atoms with Gasteiger partial charge >= 0.3 is 6.03 Å². The Bertz CT molecular complexity index is 1250. The van der Waals surface area contributed by atoms with Crippen molar-refractivity contribution in [2.45, 2.75) is 32.4 Å². The molecule has 1 saturated heterocycles. The molecule has 10 heteroatoms. The van der Waals surface area contributed by atoms with E-state index in [4.69, 9.17) is 0 Å². The van der Waals surface area contributed by atoms with Gasteiger partial charge in [0.2, 0.25) is 5.91 Å². The molecule has 10 nitrogen and oxygen atoms in total. The number of hydrogen-bond acceptors (Lipinski definition) is 6. The average Bonchev–Trinajstić information content (AvgIpc) is 2.73. The van der Waals surface area contributed by atoms with Crippen LogP contribution < -0.4 is 21.5 Å². The molecule has 1 aromatic heterocycles. The molecule has 0 radical (unpaired) electrons. The molecule has 2 aromatic carbocycles. The quantitative estimate of drug-likeness (QED) is 0.546. The third-order valence-electron chi connectivity index (χ3n) is 4.98. The summed E-state index contributed by atoms with van der Waals surface area (Å²) in [4.78, 5) is 48.3. The summed E-state index contributed by atoms with van der Waals surface area (Å²) < 4.78 is 1.01. The van der Waals surface area contributed by atoms with E-state index in [1.807, 2.05) is 25.1 Å². The minimum Gasteiger partial charge on any atom is -0.334 e. The van der Waals surface area contributed by atoms with Gasteiger partial charge in [0.15, 0.2) is 0 Å². The Morgan fingerprint density at radius 1 is 1.19 bits per heavy atom. The normalized spacial score (nSPS) is 16.1. The summed E-state index contributed by atoms with van der Waals surface area (Å²) in [6.45, 7) is 2.17. The fourth-order valence-electron chi connectivity index (χ4n) is 3.41. The van der Waals surface area contributed by atoms with Gasteiger partial charge in [-0.2, -0.15) is 4.68 Å². The molecule has 3 aromatic rings. The molecule has 158 valence electrons. The third-order valence-corrected chi connectivity index (χ3v) is 4.98. The van der Waals surface area contributed by atoms with Crippen molar-refractivity contribution in [1.82, 2.24) is 25.6 Å². The molecule has 0 aliphatic carbocycles. The van der Waals surface area contributed by atoms with Crippen LogP contribution in [0.4, 0.5) is 10.5 Å². The maximum absolute atomic E-state index is 12.8. The van der Waals surface area contributed by atoms with E-state index in [0.29, 0.717) is 16.6 Å². The first-order valence-electron chi connectivity index (χ1n) is 9.74. The van der Waals surface area contributed by atoms with E-state index in [1.54, 1.807) is 24.3 Å². The van der Waals surface area contributed by atoms with E-state index >= 15 is 0 Å². The fraction of sp³-hybridized carbons (Fsp3) is 0.238. The number of fused-ring (bicyclic) bond motifs is 1. The lowest BCUT2D eigenvalue weighted by molar-refractivity contribution is -0.136. The topological polar surface area (TPSA) is 135 Å². The van der Waals surface area contributed by atoms with Gasteiger partial charge in [0.05, 0.1) is 5.39 Å². The van der Waals surface area contributed by atoms with Crippen LogP contribution in [-0.4, -0.2) is 32.8 Å². The molecule has 1 aliphatic rings. The van der Waals surface area contributed by atoms with Gasteiger partial charge in [0.1, 0.15) is 11.6 Å². The number of anilines is 1. The first-order valence-corrected chi connectivity index (χ1v) is 9.74. The molecule has 0 saturated carbocycles. The molecule has 0 bridgehead atoms.